The van der Waals surface area contributed by atoms with E-state index in [2.05, 4.69) is 32.8 Å². The third-order valence-corrected chi connectivity index (χ3v) is 5.72. The van der Waals surface area contributed by atoms with Crippen molar-refractivity contribution in [3.05, 3.63) is 56.8 Å². The molecule has 2 heterocycles. The molecule has 0 unspecified atom stereocenters. The van der Waals surface area contributed by atoms with Crippen molar-refractivity contribution in [2.75, 3.05) is 18.2 Å². The van der Waals surface area contributed by atoms with Crippen LogP contribution >= 0.6 is 27.7 Å². The van der Waals surface area contributed by atoms with Gasteiger partial charge in [0, 0.05) is 35.2 Å². The molecule has 2 aromatic rings. The number of ether oxygens (including phenoxy) is 1. The molecule has 1 aliphatic rings. The zero-order chi connectivity index (χ0) is 18.8. The summed E-state index contributed by atoms with van der Waals surface area (Å²) in [5.74, 6) is 1.17. The van der Waals surface area contributed by atoms with Gasteiger partial charge in [-0.2, -0.15) is 4.98 Å². The third kappa shape index (κ3) is 3.43. The van der Waals surface area contributed by atoms with Crippen molar-refractivity contribution in [1.82, 2.24) is 9.55 Å². The zero-order valence-electron chi connectivity index (χ0n) is 14.4. The molecule has 0 radical (unpaired) electrons. The van der Waals surface area contributed by atoms with Gasteiger partial charge in [-0.1, -0.05) is 33.8 Å². The quantitative estimate of drug-likeness (QED) is 0.443. The molecule has 1 aliphatic heterocycles. The summed E-state index contributed by atoms with van der Waals surface area (Å²) in [5, 5.41) is 3.37. The Hall–Kier alpha value is -2.06. The van der Waals surface area contributed by atoms with E-state index in [9.17, 15) is 9.59 Å². The average Bonchev–Trinajstić information content (AvgIpc) is 2.62. The number of hydrogen-bond acceptors (Lipinski definition) is 5. The first-order chi connectivity index (χ1) is 12.5. The summed E-state index contributed by atoms with van der Waals surface area (Å²) in [6.07, 6.45) is 1.90. The highest BCUT2D eigenvalue weighted by atomic mass is 79.9. The van der Waals surface area contributed by atoms with Crippen LogP contribution in [0.2, 0.25) is 0 Å². The van der Waals surface area contributed by atoms with E-state index >= 15 is 0 Å². The Labute approximate surface area is 163 Å². The van der Waals surface area contributed by atoms with Gasteiger partial charge in [0.05, 0.1) is 12.7 Å². The molecule has 0 bridgehead atoms. The molecular weight excluding hydrogens is 418 g/mol. The maximum Gasteiger partial charge on any atom is 0.279 e. The number of carbonyl (C=O) groups is 1. The van der Waals surface area contributed by atoms with Gasteiger partial charge in [0.2, 0.25) is 5.91 Å². The van der Waals surface area contributed by atoms with Gasteiger partial charge in [0.1, 0.15) is 11.6 Å². The van der Waals surface area contributed by atoms with Gasteiger partial charge in [0.25, 0.3) is 5.56 Å². The number of fused-ring (bicyclic) bond motifs is 1. The number of benzene rings is 1. The summed E-state index contributed by atoms with van der Waals surface area (Å²) < 4.78 is 8.05. The van der Waals surface area contributed by atoms with Crippen molar-refractivity contribution in [2.45, 2.75) is 17.5 Å². The number of thioether (sulfide) groups is 1. The first kappa shape index (κ1) is 18.7. The lowest BCUT2D eigenvalue weighted by Gasteiger charge is -2.28. The molecule has 0 saturated heterocycles. The normalized spacial score (nSPS) is 16.0. The number of nitrogens with one attached hydrogen (secondary N) is 1. The minimum Gasteiger partial charge on any atom is -0.496 e. The first-order valence-electron chi connectivity index (χ1n) is 7.94. The number of nitrogens with zero attached hydrogens (tertiary/aromatic N) is 2. The highest BCUT2D eigenvalue weighted by molar-refractivity contribution is 9.10. The molecule has 1 atom stereocenters. The van der Waals surface area contributed by atoms with E-state index in [0.717, 1.165) is 10.0 Å². The molecule has 136 valence electrons. The number of amides is 1. The van der Waals surface area contributed by atoms with Crippen LogP contribution in [0, 0.1) is 0 Å². The fraction of sp³-hybridized carbons (Fsp3) is 0.278. The Bertz CT molecular complexity index is 942. The van der Waals surface area contributed by atoms with E-state index < -0.39 is 5.92 Å². The topological polar surface area (TPSA) is 73.2 Å². The Balaban J connectivity index is 2.20. The van der Waals surface area contributed by atoms with Gasteiger partial charge in [-0.3, -0.25) is 9.59 Å². The Kier molecular flexibility index (Phi) is 5.52. The van der Waals surface area contributed by atoms with E-state index in [4.69, 9.17) is 4.74 Å². The highest BCUT2D eigenvalue weighted by Crippen LogP contribution is 2.40. The second kappa shape index (κ2) is 7.67. The van der Waals surface area contributed by atoms with Gasteiger partial charge in [-0.15, -0.1) is 6.58 Å². The Morgan fingerprint density at radius 2 is 2.27 bits per heavy atom. The van der Waals surface area contributed by atoms with Crippen molar-refractivity contribution >= 4 is 39.4 Å². The van der Waals surface area contributed by atoms with E-state index in [1.165, 1.54) is 11.8 Å². The molecule has 0 fully saturated rings. The number of rotatable bonds is 5. The molecule has 1 N–H and O–H groups in total. The molecule has 6 nitrogen and oxygen atoms in total. The minimum atomic E-state index is -0.421. The SMILES string of the molecule is C=CCSc1nc(=O)c2c(n1C)NC(=O)C[C@@H]2c1cc(Br)ccc1OC. The molecule has 0 spiro atoms. The van der Waals surface area contributed by atoms with Crippen molar-refractivity contribution in [2.24, 2.45) is 7.05 Å². The second-order valence-electron chi connectivity index (χ2n) is 5.81. The van der Waals surface area contributed by atoms with Crippen molar-refractivity contribution in [1.29, 1.82) is 0 Å². The number of methoxy groups -OCH3 is 1. The number of carbonyl (C=O) groups excluding carboxylic acids is 1. The van der Waals surface area contributed by atoms with Crippen LogP contribution in [0.3, 0.4) is 0 Å². The van der Waals surface area contributed by atoms with Crippen LogP contribution < -0.4 is 15.6 Å². The Morgan fingerprint density at radius 3 is 2.96 bits per heavy atom. The number of halogens is 1. The lowest BCUT2D eigenvalue weighted by atomic mass is 9.86. The Morgan fingerprint density at radius 1 is 1.50 bits per heavy atom. The summed E-state index contributed by atoms with van der Waals surface area (Å²) in [6.45, 7) is 3.68. The predicted molar refractivity (Wildman–Crippen MR) is 106 cm³/mol. The fourth-order valence-corrected chi connectivity index (χ4v) is 4.12. The molecule has 8 heteroatoms. The van der Waals surface area contributed by atoms with Crippen LogP contribution in [-0.4, -0.2) is 28.3 Å². The molecule has 1 aromatic carbocycles. The molecule has 1 aromatic heterocycles. The van der Waals surface area contributed by atoms with Crippen LogP contribution in [0.15, 0.2) is 45.3 Å². The molecule has 3 rings (SSSR count). The van der Waals surface area contributed by atoms with E-state index in [0.29, 0.717) is 28.0 Å². The molecule has 0 saturated carbocycles. The number of anilines is 1. The highest BCUT2D eigenvalue weighted by Gasteiger charge is 2.33. The van der Waals surface area contributed by atoms with E-state index in [1.807, 2.05) is 18.2 Å². The zero-order valence-corrected chi connectivity index (χ0v) is 16.8. The van der Waals surface area contributed by atoms with Crippen LogP contribution in [0.25, 0.3) is 0 Å². The summed E-state index contributed by atoms with van der Waals surface area (Å²) in [4.78, 5) is 29.4. The lowest BCUT2D eigenvalue weighted by molar-refractivity contribution is -0.116. The smallest absolute Gasteiger partial charge is 0.279 e. The van der Waals surface area contributed by atoms with Gasteiger partial charge in [-0.05, 0) is 18.2 Å². The monoisotopic (exact) mass is 435 g/mol. The number of hydrogen-bond donors (Lipinski definition) is 1. The summed E-state index contributed by atoms with van der Waals surface area (Å²) in [5.41, 5.74) is 0.923. The van der Waals surface area contributed by atoms with Gasteiger partial charge < -0.3 is 14.6 Å². The molecule has 1 amide bonds. The summed E-state index contributed by atoms with van der Waals surface area (Å²) in [6, 6.07) is 5.56. The van der Waals surface area contributed by atoms with E-state index in [-0.39, 0.29) is 17.9 Å². The fourth-order valence-electron chi connectivity index (χ4n) is 3.04. The minimum absolute atomic E-state index is 0.148. The first-order valence-corrected chi connectivity index (χ1v) is 9.72. The summed E-state index contributed by atoms with van der Waals surface area (Å²) >= 11 is 4.85. The second-order valence-corrected chi connectivity index (χ2v) is 7.71. The molecule has 0 aliphatic carbocycles. The largest absolute Gasteiger partial charge is 0.496 e. The summed E-state index contributed by atoms with van der Waals surface area (Å²) in [7, 11) is 3.36. The number of aromatic nitrogens is 2. The predicted octanol–water partition coefficient (Wildman–Crippen LogP) is 3.30. The molecule has 26 heavy (non-hydrogen) atoms. The van der Waals surface area contributed by atoms with Crippen molar-refractivity contribution < 1.29 is 9.53 Å². The standard InChI is InChI=1S/C18H18BrN3O3S/c1-4-7-26-18-21-17(24)15-12(9-14(23)20-16(15)22(18)2)11-8-10(19)5-6-13(11)25-3/h4-6,8,12H,1,7,9H2,2-3H3,(H,20,23)/t12-/m1/s1. The lowest BCUT2D eigenvalue weighted by Crippen LogP contribution is -2.33. The average molecular weight is 436 g/mol. The maximum absolute atomic E-state index is 12.8. The van der Waals surface area contributed by atoms with E-state index in [1.54, 1.807) is 24.8 Å². The van der Waals surface area contributed by atoms with Crippen LogP contribution in [0.1, 0.15) is 23.5 Å². The van der Waals surface area contributed by atoms with Gasteiger partial charge in [-0.25, -0.2) is 0 Å². The van der Waals surface area contributed by atoms with Gasteiger partial charge in [0.15, 0.2) is 5.16 Å². The van der Waals surface area contributed by atoms with Crippen LogP contribution in [0.4, 0.5) is 5.82 Å². The third-order valence-electron chi connectivity index (χ3n) is 4.20. The maximum atomic E-state index is 12.8. The van der Waals surface area contributed by atoms with Gasteiger partial charge >= 0.3 is 0 Å². The molecular formula is C18H18BrN3O3S. The van der Waals surface area contributed by atoms with Crippen LogP contribution in [0.5, 0.6) is 5.75 Å². The van der Waals surface area contributed by atoms with Crippen molar-refractivity contribution in [3.8, 4) is 5.75 Å². The van der Waals surface area contributed by atoms with Crippen LogP contribution in [-0.2, 0) is 11.8 Å². The van der Waals surface area contributed by atoms with Crippen molar-refractivity contribution in [3.63, 3.8) is 0 Å².